The number of aromatic nitrogens is 3. The summed E-state index contributed by atoms with van der Waals surface area (Å²) in [6.07, 6.45) is 0. The van der Waals surface area contributed by atoms with Crippen LogP contribution in [0.3, 0.4) is 0 Å². The molecule has 0 aliphatic heterocycles. The van der Waals surface area contributed by atoms with Gasteiger partial charge in [0.15, 0.2) is 5.69 Å². The lowest BCUT2D eigenvalue weighted by molar-refractivity contribution is 0.0689. The van der Waals surface area contributed by atoms with E-state index in [2.05, 4.69) is 10.3 Å². The number of aromatic carboxylic acids is 1. The van der Waals surface area contributed by atoms with E-state index in [1.54, 1.807) is 31.2 Å². The lowest BCUT2D eigenvalue weighted by atomic mass is 10.3. The SMILES string of the molecule is Cc1c(C(=O)O)nnn1-c1cccc(Cl)c1. The molecule has 0 unspecified atom stereocenters. The molecule has 0 spiro atoms. The molecule has 0 saturated heterocycles. The van der Waals surface area contributed by atoms with Crippen molar-refractivity contribution >= 4 is 17.6 Å². The first-order chi connectivity index (χ1) is 7.59. The maximum Gasteiger partial charge on any atom is 0.358 e. The van der Waals surface area contributed by atoms with Crippen molar-refractivity contribution in [2.45, 2.75) is 6.92 Å². The Morgan fingerprint density at radius 3 is 2.81 bits per heavy atom. The second kappa shape index (κ2) is 3.94. The zero-order valence-electron chi connectivity index (χ0n) is 8.38. The van der Waals surface area contributed by atoms with Crippen LogP contribution < -0.4 is 0 Å². The van der Waals surface area contributed by atoms with Gasteiger partial charge in [0.25, 0.3) is 0 Å². The number of hydrogen-bond acceptors (Lipinski definition) is 3. The van der Waals surface area contributed by atoms with Gasteiger partial charge in [0, 0.05) is 5.02 Å². The Hall–Kier alpha value is -1.88. The highest BCUT2D eigenvalue weighted by Gasteiger charge is 2.15. The first-order valence-electron chi connectivity index (χ1n) is 4.51. The summed E-state index contributed by atoms with van der Waals surface area (Å²) in [6.45, 7) is 1.64. The van der Waals surface area contributed by atoms with Crippen molar-refractivity contribution in [1.82, 2.24) is 15.0 Å². The van der Waals surface area contributed by atoms with Gasteiger partial charge < -0.3 is 5.11 Å². The van der Waals surface area contributed by atoms with Gasteiger partial charge in [0.2, 0.25) is 0 Å². The minimum atomic E-state index is -1.09. The molecule has 0 bridgehead atoms. The molecule has 2 rings (SSSR count). The average Bonchev–Trinajstić information content (AvgIpc) is 2.60. The zero-order chi connectivity index (χ0) is 11.7. The van der Waals surface area contributed by atoms with Crippen LogP contribution in [0.1, 0.15) is 16.2 Å². The Balaban J connectivity index is 2.53. The van der Waals surface area contributed by atoms with Crippen LogP contribution in [0.5, 0.6) is 0 Å². The van der Waals surface area contributed by atoms with Gasteiger partial charge in [0.1, 0.15) is 0 Å². The molecule has 1 N–H and O–H groups in total. The summed E-state index contributed by atoms with van der Waals surface area (Å²) in [4.78, 5) is 10.8. The topological polar surface area (TPSA) is 68.0 Å². The van der Waals surface area contributed by atoms with E-state index in [0.717, 1.165) is 0 Å². The summed E-state index contributed by atoms with van der Waals surface area (Å²) in [5, 5.41) is 16.8. The molecule has 0 fully saturated rings. The summed E-state index contributed by atoms with van der Waals surface area (Å²) in [6, 6.07) is 6.96. The predicted molar refractivity (Wildman–Crippen MR) is 58.1 cm³/mol. The van der Waals surface area contributed by atoms with Crippen LogP contribution in [-0.2, 0) is 0 Å². The number of carboxylic acids is 1. The maximum absolute atomic E-state index is 10.8. The molecule has 0 aliphatic rings. The Morgan fingerprint density at radius 1 is 1.50 bits per heavy atom. The Bertz CT molecular complexity index is 551. The molecule has 2 aromatic rings. The number of benzene rings is 1. The van der Waals surface area contributed by atoms with Crippen LogP contribution >= 0.6 is 11.6 Å². The standard InChI is InChI=1S/C10H8ClN3O2/c1-6-9(10(15)16)12-13-14(6)8-4-2-3-7(11)5-8/h2-5H,1H3,(H,15,16). The summed E-state index contributed by atoms with van der Waals surface area (Å²) in [7, 11) is 0. The minimum absolute atomic E-state index is 0.0556. The largest absolute Gasteiger partial charge is 0.476 e. The van der Waals surface area contributed by atoms with E-state index in [-0.39, 0.29) is 5.69 Å². The summed E-state index contributed by atoms with van der Waals surface area (Å²) < 4.78 is 1.44. The van der Waals surface area contributed by atoms with Crippen molar-refractivity contribution in [3.05, 3.63) is 40.7 Å². The van der Waals surface area contributed by atoms with Crippen LogP contribution in [0.15, 0.2) is 24.3 Å². The molecule has 82 valence electrons. The quantitative estimate of drug-likeness (QED) is 0.867. The fourth-order valence-corrected chi connectivity index (χ4v) is 1.56. The highest BCUT2D eigenvalue weighted by Crippen LogP contribution is 2.16. The Kier molecular flexibility index (Phi) is 2.62. The van der Waals surface area contributed by atoms with Crippen molar-refractivity contribution in [3.8, 4) is 5.69 Å². The molecular formula is C10H8ClN3O2. The summed E-state index contributed by atoms with van der Waals surface area (Å²) >= 11 is 5.84. The molecule has 0 aliphatic carbocycles. The molecule has 0 amide bonds. The van der Waals surface area contributed by atoms with Gasteiger partial charge in [0.05, 0.1) is 11.4 Å². The van der Waals surface area contributed by atoms with Crippen LogP contribution in [0.2, 0.25) is 5.02 Å². The number of nitrogens with zero attached hydrogens (tertiary/aromatic N) is 3. The van der Waals surface area contributed by atoms with Gasteiger partial charge in [-0.25, -0.2) is 9.48 Å². The summed E-state index contributed by atoms with van der Waals surface area (Å²) in [5.74, 6) is -1.09. The molecule has 1 aromatic carbocycles. The molecule has 0 atom stereocenters. The second-order valence-corrected chi connectivity index (χ2v) is 3.66. The van der Waals surface area contributed by atoms with Crippen molar-refractivity contribution in [2.75, 3.05) is 0 Å². The Labute approximate surface area is 96.3 Å². The van der Waals surface area contributed by atoms with Crippen molar-refractivity contribution in [3.63, 3.8) is 0 Å². The van der Waals surface area contributed by atoms with E-state index < -0.39 is 5.97 Å². The molecular weight excluding hydrogens is 230 g/mol. The second-order valence-electron chi connectivity index (χ2n) is 3.22. The normalized spacial score (nSPS) is 10.4. The Morgan fingerprint density at radius 2 is 2.25 bits per heavy atom. The average molecular weight is 238 g/mol. The van der Waals surface area contributed by atoms with Gasteiger partial charge >= 0.3 is 5.97 Å². The van der Waals surface area contributed by atoms with E-state index in [0.29, 0.717) is 16.4 Å². The fraction of sp³-hybridized carbons (Fsp3) is 0.100. The molecule has 16 heavy (non-hydrogen) atoms. The maximum atomic E-state index is 10.8. The smallest absolute Gasteiger partial charge is 0.358 e. The van der Waals surface area contributed by atoms with Gasteiger partial charge in [-0.15, -0.1) is 5.10 Å². The van der Waals surface area contributed by atoms with E-state index >= 15 is 0 Å². The molecule has 5 nitrogen and oxygen atoms in total. The van der Waals surface area contributed by atoms with Crippen LogP contribution in [0, 0.1) is 6.92 Å². The lowest BCUT2D eigenvalue weighted by Crippen LogP contribution is -2.02. The van der Waals surface area contributed by atoms with Gasteiger partial charge in [-0.3, -0.25) is 0 Å². The van der Waals surface area contributed by atoms with E-state index in [1.165, 1.54) is 4.68 Å². The molecule has 0 radical (unpaired) electrons. The number of carboxylic acid groups (broad SMARTS) is 1. The number of halogens is 1. The zero-order valence-corrected chi connectivity index (χ0v) is 9.14. The molecule has 1 aromatic heterocycles. The first-order valence-corrected chi connectivity index (χ1v) is 4.89. The van der Waals surface area contributed by atoms with Crippen molar-refractivity contribution < 1.29 is 9.90 Å². The van der Waals surface area contributed by atoms with Crippen LogP contribution in [-0.4, -0.2) is 26.1 Å². The predicted octanol–water partition coefficient (Wildman–Crippen LogP) is 1.93. The third kappa shape index (κ3) is 1.77. The number of rotatable bonds is 2. The van der Waals surface area contributed by atoms with Gasteiger partial charge in [-0.1, -0.05) is 22.9 Å². The minimum Gasteiger partial charge on any atom is -0.476 e. The third-order valence-corrected chi connectivity index (χ3v) is 2.39. The van der Waals surface area contributed by atoms with Crippen LogP contribution in [0.25, 0.3) is 5.69 Å². The highest BCUT2D eigenvalue weighted by molar-refractivity contribution is 6.30. The number of carbonyl (C=O) groups is 1. The van der Waals surface area contributed by atoms with Gasteiger partial charge in [-0.2, -0.15) is 0 Å². The lowest BCUT2D eigenvalue weighted by Gasteiger charge is -2.02. The summed E-state index contributed by atoms with van der Waals surface area (Å²) in [5.41, 5.74) is 1.10. The van der Waals surface area contributed by atoms with E-state index in [1.807, 2.05) is 0 Å². The fourth-order valence-electron chi connectivity index (χ4n) is 1.38. The highest BCUT2D eigenvalue weighted by atomic mass is 35.5. The third-order valence-electron chi connectivity index (χ3n) is 2.15. The van der Waals surface area contributed by atoms with Gasteiger partial charge in [-0.05, 0) is 25.1 Å². The monoisotopic (exact) mass is 237 g/mol. The van der Waals surface area contributed by atoms with E-state index in [9.17, 15) is 4.79 Å². The molecule has 6 heteroatoms. The number of hydrogen-bond donors (Lipinski definition) is 1. The van der Waals surface area contributed by atoms with E-state index in [4.69, 9.17) is 16.7 Å². The van der Waals surface area contributed by atoms with Crippen molar-refractivity contribution in [2.24, 2.45) is 0 Å². The van der Waals surface area contributed by atoms with Crippen molar-refractivity contribution in [1.29, 1.82) is 0 Å². The molecule has 1 heterocycles. The first kappa shape index (κ1) is 10.6. The van der Waals surface area contributed by atoms with Crippen LogP contribution in [0.4, 0.5) is 0 Å². The molecule has 0 saturated carbocycles.